The average Bonchev–Trinajstić information content (AvgIpc) is 2.58. The summed E-state index contributed by atoms with van der Waals surface area (Å²) in [5.41, 5.74) is 6.54. The fraction of sp³-hybridized carbons (Fsp3) is 0.684. The summed E-state index contributed by atoms with van der Waals surface area (Å²) in [6.45, 7) is 0.640. The molecule has 0 heterocycles. The van der Waals surface area contributed by atoms with Crippen LogP contribution in [0.1, 0.15) is 69.8 Å². The second-order valence-corrected chi connectivity index (χ2v) is 6.53. The van der Waals surface area contributed by atoms with Crippen LogP contribution in [-0.2, 0) is 6.54 Å². The van der Waals surface area contributed by atoms with Crippen LogP contribution in [0, 0.1) is 0 Å². The standard InChI is InChI=1S/C12H23N.C7H9N/c1-3-7-11(8-4-1)13-12-9-5-2-6-10-12;8-6-7-4-2-1-3-5-7/h11-13H,1-10H2;1-5H,6,8H2. The first-order valence-corrected chi connectivity index (χ1v) is 8.88. The zero-order valence-corrected chi connectivity index (χ0v) is 13.4. The van der Waals surface area contributed by atoms with Gasteiger partial charge in [0.15, 0.2) is 0 Å². The molecule has 2 nitrogen and oxygen atoms in total. The average molecular weight is 288 g/mol. The number of nitrogens with one attached hydrogen (secondary N) is 1. The van der Waals surface area contributed by atoms with Gasteiger partial charge >= 0.3 is 0 Å². The maximum absolute atomic E-state index is 5.35. The Balaban J connectivity index is 0.000000173. The van der Waals surface area contributed by atoms with Gasteiger partial charge in [-0.25, -0.2) is 0 Å². The second kappa shape index (κ2) is 9.97. The topological polar surface area (TPSA) is 38.0 Å². The summed E-state index contributed by atoms with van der Waals surface area (Å²) < 4.78 is 0. The van der Waals surface area contributed by atoms with E-state index in [9.17, 15) is 0 Å². The molecular formula is C19H32N2. The summed E-state index contributed by atoms with van der Waals surface area (Å²) in [6.07, 6.45) is 14.6. The van der Waals surface area contributed by atoms with Crippen LogP contribution in [0.5, 0.6) is 0 Å². The Morgan fingerprint density at radius 3 is 1.62 bits per heavy atom. The van der Waals surface area contributed by atoms with Crippen molar-refractivity contribution < 1.29 is 0 Å². The zero-order valence-electron chi connectivity index (χ0n) is 13.4. The highest BCUT2D eigenvalue weighted by molar-refractivity contribution is 5.13. The van der Waals surface area contributed by atoms with Crippen molar-refractivity contribution in [2.75, 3.05) is 0 Å². The largest absolute Gasteiger partial charge is 0.326 e. The molecule has 0 unspecified atom stereocenters. The van der Waals surface area contributed by atoms with Crippen molar-refractivity contribution in [2.24, 2.45) is 5.73 Å². The van der Waals surface area contributed by atoms with Gasteiger partial charge in [0, 0.05) is 18.6 Å². The van der Waals surface area contributed by atoms with Crippen LogP contribution in [0.4, 0.5) is 0 Å². The summed E-state index contributed by atoms with van der Waals surface area (Å²) in [5.74, 6) is 0. The van der Waals surface area contributed by atoms with Gasteiger partial charge in [-0.05, 0) is 31.2 Å². The quantitative estimate of drug-likeness (QED) is 0.866. The van der Waals surface area contributed by atoms with Crippen molar-refractivity contribution in [3.05, 3.63) is 35.9 Å². The predicted octanol–water partition coefficient (Wildman–Crippen LogP) is 4.39. The predicted molar refractivity (Wildman–Crippen MR) is 91.2 cm³/mol. The van der Waals surface area contributed by atoms with Gasteiger partial charge in [-0.15, -0.1) is 0 Å². The lowest BCUT2D eigenvalue weighted by molar-refractivity contribution is 0.291. The van der Waals surface area contributed by atoms with Crippen molar-refractivity contribution >= 4 is 0 Å². The Labute approximate surface area is 130 Å². The lowest BCUT2D eigenvalue weighted by atomic mass is 9.91. The third-order valence-electron chi connectivity index (χ3n) is 4.76. The van der Waals surface area contributed by atoms with E-state index in [0.717, 1.165) is 12.1 Å². The van der Waals surface area contributed by atoms with E-state index in [1.54, 1.807) is 0 Å². The smallest absolute Gasteiger partial charge is 0.0178 e. The third-order valence-corrected chi connectivity index (χ3v) is 4.76. The highest BCUT2D eigenvalue weighted by Crippen LogP contribution is 2.22. The van der Waals surface area contributed by atoms with Crippen LogP contribution in [-0.4, -0.2) is 12.1 Å². The molecule has 0 atom stereocenters. The first-order chi connectivity index (χ1) is 10.4. The molecule has 0 amide bonds. The number of rotatable bonds is 3. The molecule has 0 radical (unpaired) electrons. The van der Waals surface area contributed by atoms with E-state index in [-0.39, 0.29) is 0 Å². The highest BCUT2D eigenvalue weighted by atomic mass is 14.9. The fourth-order valence-electron chi connectivity index (χ4n) is 3.49. The number of hydrogen-bond acceptors (Lipinski definition) is 2. The molecule has 2 saturated carbocycles. The lowest BCUT2D eigenvalue weighted by Gasteiger charge is -2.30. The minimum atomic E-state index is 0.640. The summed E-state index contributed by atoms with van der Waals surface area (Å²) >= 11 is 0. The molecular weight excluding hydrogens is 256 g/mol. The maximum atomic E-state index is 5.35. The van der Waals surface area contributed by atoms with E-state index < -0.39 is 0 Å². The summed E-state index contributed by atoms with van der Waals surface area (Å²) in [7, 11) is 0. The molecule has 1 aromatic carbocycles. The first kappa shape index (κ1) is 16.5. The van der Waals surface area contributed by atoms with Gasteiger partial charge in [0.2, 0.25) is 0 Å². The van der Waals surface area contributed by atoms with Crippen molar-refractivity contribution in [1.29, 1.82) is 0 Å². The fourth-order valence-corrected chi connectivity index (χ4v) is 3.49. The SMILES string of the molecule is C1CCC(NC2CCCCC2)CC1.NCc1ccccc1. The van der Waals surface area contributed by atoms with Gasteiger partial charge < -0.3 is 11.1 Å². The van der Waals surface area contributed by atoms with Gasteiger partial charge in [0.25, 0.3) is 0 Å². The molecule has 0 aromatic heterocycles. The molecule has 0 aliphatic heterocycles. The third kappa shape index (κ3) is 6.62. The summed E-state index contributed by atoms with van der Waals surface area (Å²) in [4.78, 5) is 0. The van der Waals surface area contributed by atoms with Crippen LogP contribution >= 0.6 is 0 Å². The Morgan fingerprint density at radius 2 is 1.24 bits per heavy atom. The number of nitrogens with two attached hydrogens (primary N) is 1. The molecule has 3 N–H and O–H groups in total. The van der Waals surface area contributed by atoms with Crippen LogP contribution in [0.3, 0.4) is 0 Å². The Kier molecular flexibility index (Phi) is 7.83. The van der Waals surface area contributed by atoms with Crippen LogP contribution in [0.2, 0.25) is 0 Å². The lowest BCUT2D eigenvalue weighted by Crippen LogP contribution is -2.40. The van der Waals surface area contributed by atoms with Crippen molar-refractivity contribution in [3.8, 4) is 0 Å². The van der Waals surface area contributed by atoms with E-state index >= 15 is 0 Å². The van der Waals surface area contributed by atoms with Gasteiger partial charge in [-0.2, -0.15) is 0 Å². The van der Waals surface area contributed by atoms with Gasteiger partial charge in [-0.3, -0.25) is 0 Å². The van der Waals surface area contributed by atoms with Crippen LogP contribution in [0.15, 0.2) is 30.3 Å². The van der Waals surface area contributed by atoms with Crippen molar-refractivity contribution in [3.63, 3.8) is 0 Å². The number of hydrogen-bond donors (Lipinski definition) is 2. The maximum Gasteiger partial charge on any atom is 0.0178 e. The monoisotopic (exact) mass is 288 g/mol. The van der Waals surface area contributed by atoms with Gasteiger partial charge in [0.05, 0.1) is 0 Å². The Morgan fingerprint density at radius 1 is 0.762 bits per heavy atom. The van der Waals surface area contributed by atoms with Gasteiger partial charge in [0.1, 0.15) is 0 Å². The highest BCUT2D eigenvalue weighted by Gasteiger charge is 2.19. The minimum Gasteiger partial charge on any atom is -0.326 e. The van der Waals surface area contributed by atoms with E-state index in [1.165, 1.54) is 69.8 Å². The first-order valence-electron chi connectivity index (χ1n) is 8.88. The minimum absolute atomic E-state index is 0.640. The second-order valence-electron chi connectivity index (χ2n) is 6.53. The van der Waals surface area contributed by atoms with Crippen molar-refractivity contribution in [2.45, 2.75) is 82.8 Å². The molecule has 21 heavy (non-hydrogen) atoms. The molecule has 0 spiro atoms. The molecule has 2 heteroatoms. The molecule has 118 valence electrons. The van der Waals surface area contributed by atoms with Gasteiger partial charge in [-0.1, -0.05) is 68.9 Å². The van der Waals surface area contributed by atoms with Crippen molar-refractivity contribution in [1.82, 2.24) is 5.32 Å². The van der Waals surface area contributed by atoms with Crippen LogP contribution < -0.4 is 11.1 Å². The molecule has 2 fully saturated rings. The molecule has 2 aliphatic carbocycles. The Bertz CT molecular complexity index is 335. The van der Waals surface area contributed by atoms with Crippen LogP contribution in [0.25, 0.3) is 0 Å². The van der Waals surface area contributed by atoms with E-state index in [4.69, 9.17) is 5.73 Å². The molecule has 1 aromatic rings. The van der Waals surface area contributed by atoms with E-state index in [0.29, 0.717) is 6.54 Å². The van der Waals surface area contributed by atoms with E-state index in [2.05, 4.69) is 5.32 Å². The molecule has 3 rings (SSSR count). The summed E-state index contributed by atoms with van der Waals surface area (Å²) in [6, 6.07) is 11.7. The normalized spacial score (nSPS) is 20.6. The number of benzene rings is 1. The van der Waals surface area contributed by atoms with E-state index in [1.807, 2.05) is 30.3 Å². The Hall–Kier alpha value is -0.860. The molecule has 0 saturated heterocycles. The molecule has 0 bridgehead atoms. The zero-order chi connectivity index (χ0) is 14.8. The summed E-state index contributed by atoms with van der Waals surface area (Å²) in [5, 5.41) is 3.86. The molecule has 2 aliphatic rings.